The molecule has 6 aromatic carbocycles. The predicted molar refractivity (Wildman–Crippen MR) is 210 cm³/mol. The Labute approximate surface area is 288 Å². The number of nitrogens with one attached hydrogen (secondary N) is 2. The zero-order valence-electron chi connectivity index (χ0n) is 30.0. The van der Waals surface area contributed by atoms with Crippen LogP contribution in [0.5, 0.6) is 0 Å². The molecule has 0 saturated carbocycles. The fourth-order valence-corrected chi connectivity index (χ4v) is 7.27. The Bertz CT molecular complexity index is 1820. The number of anilines is 2. The van der Waals surface area contributed by atoms with Gasteiger partial charge >= 0.3 is 0 Å². The monoisotopic (exact) mass is 632 g/mol. The molecule has 0 spiro atoms. The number of fused-ring (bicyclic) bond motifs is 2. The normalized spacial score (nSPS) is 13.2. The molecule has 0 amide bonds. The van der Waals surface area contributed by atoms with Gasteiger partial charge in [0.2, 0.25) is 0 Å². The highest BCUT2D eigenvalue weighted by molar-refractivity contribution is 5.84. The zero-order chi connectivity index (χ0) is 33.9. The van der Waals surface area contributed by atoms with E-state index >= 15 is 0 Å². The van der Waals surface area contributed by atoms with E-state index in [4.69, 9.17) is 0 Å². The van der Waals surface area contributed by atoms with Crippen LogP contribution in [0, 0.1) is 0 Å². The Morgan fingerprint density at radius 3 is 0.958 bits per heavy atom. The van der Waals surface area contributed by atoms with Crippen LogP contribution in [0.3, 0.4) is 0 Å². The molecule has 2 heteroatoms. The second-order valence-corrected chi connectivity index (χ2v) is 14.7. The Balaban J connectivity index is 1.64. The maximum Gasteiger partial charge on any atom is 0.0757 e. The first-order chi connectivity index (χ1) is 23.1. The maximum atomic E-state index is 4.26. The fourth-order valence-electron chi connectivity index (χ4n) is 7.27. The van der Waals surface area contributed by atoms with Crippen LogP contribution in [-0.4, -0.2) is 0 Å². The van der Waals surface area contributed by atoms with Crippen molar-refractivity contribution in [2.24, 2.45) is 0 Å². The second kappa shape index (κ2) is 14.3. The van der Waals surface area contributed by atoms with Gasteiger partial charge in [0.05, 0.1) is 12.1 Å². The Kier molecular flexibility index (Phi) is 9.92. The Morgan fingerprint density at radius 2 is 0.646 bits per heavy atom. The first-order valence-electron chi connectivity index (χ1n) is 17.9. The van der Waals surface area contributed by atoms with E-state index in [2.05, 4.69) is 187 Å². The van der Waals surface area contributed by atoms with Gasteiger partial charge in [0.15, 0.2) is 0 Å². The minimum atomic E-state index is -0.0756. The standard InChI is InChI=1S/C46H52N2/c1-29(2)39-19-13-20-40(30(3)4)45(39)47-43(37-25-23-33-15-9-11-17-35(33)27-37)44(38-26-24-34-16-10-12-18-36(34)28-38)48-46-41(31(5)6)21-14-22-42(46)32(7)8/h9-32,43-44,47-48H,1-8H3/t43-,44+. The van der Waals surface area contributed by atoms with Crippen molar-refractivity contribution in [3.63, 3.8) is 0 Å². The van der Waals surface area contributed by atoms with Crippen LogP contribution in [0.1, 0.15) is 125 Å². The van der Waals surface area contributed by atoms with Gasteiger partial charge in [0, 0.05) is 11.4 Å². The van der Waals surface area contributed by atoms with E-state index in [9.17, 15) is 0 Å². The number of hydrogen-bond acceptors (Lipinski definition) is 2. The van der Waals surface area contributed by atoms with Crippen LogP contribution in [0.15, 0.2) is 121 Å². The largest absolute Gasteiger partial charge is 0.375 e. The molecule has 2 atom stereocenters. The van der Waals surface area contributed by atoms with Gasteiger partial charge in [-0.3, -0.25) is 0 Å². The highest BCUT2D eigenvalue weighted by Gasteiger charge is 2.30. The van der Waals surface area contributed by atoms with E-state index in [-0.39, 0.29) is 12.1 Å². The molecule has 0 radical (unpaired) electrons. The second-order valence-electron chi connectivity index (χ2n) is 14.7. The van der Waals surface area contributed by atoms with E-state index in [1.54, 1.807) is 0 Å². The highest BCUT2D eigenvalue weighted by Crippen LogP contribution is 2.43. The quantitative estimate of drug-likeness (QED) is 0.148. The lowest BCUT2D eigenvalue weighted by Crippen LogP contribution is -2.28. The van der Waals surface area contributed by atoms with Gasteiger partial charge in [-0.05, 0) is 90.7 Å². The summed E-state index contributed by atoms with van der Waals surface area (Å²) in [6, 6.07) is 45.0. The first kappa shape index (κ1) is 33.3. The number of para-hydroxylation sites is 2. The first-order valence-corrected chi connectivity index (χ1v) is 17.9. The predicted octanol–water partition coefficient (Wildman–Crippen LogP) is 13.5. The summed E-state index contributed by atoms with van der Waals surface area (Å²) in [4.78, 5) is 0. The van der Waals surface area contributed by atoms with Crippen molar-refractivity contribution in [1.29, 1.82) is 0 Å². The molecule has 0 aromatic heterocycles. The topological polar surface area (TPSA) is 24.1 Å². The zero-order valence-corrected chi connectivity index (χ0v) is 30.0. The molecule has 0 unspecified atom stereocenters. The summed E-state index contributed by atoms with van der Waals surface area (Å²) in [6.45, 7) is 18.5. The van der Waals surface area contributed by atoms with Crippen molar-refractivity contribution < 1.29 is 0 Å². The minimum absolute atomic E-state index is 0.0756. The summed E-state index contributed by atoms with van der Waals surface area (Å²) < 4.78 is 0. The van der Waals surface area contributed by atoms with Crippen LogP contribution >= 0.6 is 0 Å². The molecule has 0 heterocycles. The lowest BCUT2D eigenvalue weighted by molar-refractivity contribution is 0.642. The van der Waals surface area contributed by atoms with E-state index in [0.717, 1.165) is 0 Å². The van der Waals surface area contributed by atoms with Crippen LogP contribution in [0.2, 0.25) is 0 Å². The van der Waals surface area contributed by atoms with Crippen molar-refractivity contribution in [3.8, 4) is 0 Å². The van der Waals surface area contributed by atoms with Crippen molar-refractivity contribution in [3.05, 3.63) is 155 Å². The lowest BCUT2D eigenvalue weighted by Gasteiger charge is -2.35. The van der Waals surface area contributed by atoms with E-state index in [1.807, 2.05) is 0 Å². The SMILES string of the molecule is CC(C)c1cccc(C(C)C)c1N[C@H](c1ccc2ccccc2c1)[C@@H](Nc1c(C(C)C)cccc1C(C)C)c1ccc2ccccc2c1. The molecule has 6 rings (SSSR count). The van der Waals surface area contributed by atoms with Gasteiger partial charge in [-0.25, -0.2) is 0 Å². The van der Waals surface area contributed by atoms with Gasteiger partial charge in [-0.1, -0.05) is 165 Å². The molecule has 2 N–H and O–H groups in total. The smallest absolute Gasteiger partial charge is 0.0757 e. The number of benzene rings is 6. The molecule has 246 valence electrons. The molecule has 0 saturated heterocycles. The van der Waals surface area contributed by atoms with Gasteiger partial charge in [-0.15, -0.1) is 0 Å². The molecular weight excluding hydrogens is 581 g/mol. The lowest BCUT2D eigenvalue weighted by atomic mass is 9.86. The van der Waals surface area contributed by atoms with Crippen molar-refractivity contribution >= 4 is 32.9 Å². The van der Waals surface area contributed by atoms with Gasteiger partial charge in [-0.2, -0.15) is 0 Å². The molecule has 6 aromatic rings. The van der Waals surface area contributed by atoms with Crippen LogP contribution in [0.25, 0.3) is 21.5 Å². The fraction of sp³-hybridized carbons (Fsp3) is 0.304. The van der Waals surface area contributed by atoms with Crippen molar-refractivity contribution in [2.75, 3.05) is 10.6 Å². The average molecular weight is 633 g/mol. The number of rotatable bonds is 11. The molecule has 0 fully saturated rings. The van der Waals surface area contributed by atoms with Crippen molar-refractivity contribution in [2.45, 2.75) is 91.1 Å². The Morgan fingerprint density at radius 1 is 0.333 bits per heavy atom. The van der Waals surface area contributed by atoms with Gasteiger partial charge < -0.3 is 10.6 Å². The third kappa shape index (κ3) is 6.85. The third-order valence-corrected chi connectivity index (χ3v) is 9.94. The molecule has 48 heavy (non-hydrogen) atoms. The summed E-state index contributed by atoms with van der Waals surface area (Å²) in [6.07, 6.45) is 0. The van der Waals surface area contributed by atoms with E-state index in [1.165, 1.54) is 66.3 Å². The van der Waals surface area contributed by atoms with Crippen LogP contribution in [0.4, 0.5) is 11.4 Å². The van der Waals surface area contributed by atoms with E-state index < -0.39 is 0 Å². The maximum absolute atomic E-state index is 4.26. The van der Waals surface area contributed by atoms with Gasteiger partial charge in [0.1, 0.15) is 0 Å². The van der Waals surface area contributed by atoms with Gasteiger partial charge in [0.25, 0.3) is 0 Å². The molecule has 0 bridgehead atoms. The summed E-state index contributed by atoms with van der Waals surface area (Å²) >= 11 is 0. The minimum Gasteiger partial charge on any atom is -0.375 e. The molecule has 0 aliphatic carbocycles. The van der Waals surface area contributed by atoms with Crippen molar-refractivity contribution in [1.82, 2.24) is 0 Å². The number of hydrogen-bond donors (Lipinski definition) is 2. The molecule has 0 aliphatic rings. The summed E-state index contributed by atoms with van der Waals surface area (Å²) in [7, 11) is 0. The molecule has 0 aliphatic heterocycles. The Hall–Kier alpha value is -4.56. The highest BCUT2D eigenvalue weighted by atomic mass is 15.0. The molecular formula is C46H52N2. The molecule has 2 nitrogen and oxygen atoms in total. The van der Waals surface area contributed by atoms with E-state index in [0.29, 0.717) is 23.7 Å². The third-order valence-electron chi connectivity index (χ3n) is 9.94. The van der Waals surface area contributed by atoms with Crippen LogP contribution < -0.4 is 10.6 Å². The summed E-state index contributed by atoms with van der Waals surface area (Å²) in [5.74, 6) is 1.52. The van der Waals surface area contributed by atoms with Crippen LogP contribution in [-0.2, 0) is 0 Å². The summed E-state index contributed by atoms with van der Waals surface area (Å²) in [5.41, 5.74) is 10.5. The average Bonchev–Trinajstić information content (AvgIpc) is 3.08. The summed E-state index contributed by atoms with van der Waals surface area (Å²) in [5, 5.41) is 13.5.